The first-order valence-corrected chi connectivity index (χ1v) is 8.12. The largest absolute Gasteiger partial charge is 0.508 e. The molecule has 4 nitrogen and oxygen atoms in total. The maximum Gasteiger partial charge on any atom is 0.237 e. The van der Waals surface area contributed by atoms with Gasteiger partial charge in [-0.3, -0.25) is 4.79 Å². The van der Waals surface area contributed by atoms with E-state index in [0.29, 0.717) is 5.69 Å². The van der Waals surface area contributed by atoms with Gasteiger partial charge < -0.3 is 10.4 Å². The van der Waals surface area contributed by atoms with Crippen LogP contribution >= 0.6 is 11.8 Å². The van der Waals surface area contributed by atoms with Gasteiger partial charge >= 0.3 is 0 Å². The van der Waals surface area contributed by atoms with Gasteiger partial charge in [0.1, 0.15) is 5.75 Å². The summed E-state index contributed by atoms with van der Waals surface area (Å²) in [7, 11) is 0. The second-order valence-electron chi connectivity index (χ2n) is 5.14. The molecular formula is C18H16N2O2S. The van der Waals surface area contributed by atoms with E-state index in [0.717, 1.165) is 15.9 Å². The number of nitrogens with zero attached hydrogens (tertiary/aromatic N) is 1. The lowest BCUT2D eigenvalue weighted by atomic mass is 10.2. The molecule has 1 amide bonds. The quantitative estimate of drug-likeness (QED) is 0.561. The van der Waals surface area contributed by atoms with Crippen molar-refractivity contribution in [2.45, 2.75) is 17.2 Å². The van der Waals surface area contributed by atoms with E-state index >= 15 is 0 Å². The van der Waals surface area contributed by atoms with E-state index in [4.69, 9.17) is 0 Å². The predicted molar refractivity (Wildman–Crippen MR) is 93.8 cm³/mol. The Balaban J connectivity index is 1.68. The molecule has 1 atom stereocenters. The number of thioether (sulfide) groups is 1. The maximum atomic E-state index is 12.2. The number of benzene rings is 2. The van der Waals surface area contributed by atoms with Gasteiger partial charge in [0.15, 0.2) is 0 Å². The molecule has 0 radical (unpaired) electrons. The molecule has 1 heterocycles. The summed E-state index contributed by atoms with van der Waals surface area (Å²) in [5.41, 5.74) is 1.58. The Kier molecular flexibility index (Phi) is 4.48. The molecule has 2 N–H and O–H groups in total. The third kappa shape index (κ3) is 3.81. The summed E-state index contributed by atoms with van der Waals surface area (Å²) in [5.74, 6) is 0.0708. The van der Waals surface area contributed by atoms with Crippen LogP contribution in [0.25, 0.3) is 10.9 Å². The number of para-hydroxylation sites is 1. The molecule has 0 unspecified atom stereocenters. The van der Waals surface area contributed by atoms with Crippen LogP contribution in [0.1, 0.15) is 6.92 Å². The smallest absolute Gasteiger partial charge is 0.237 e. The third-order valence-corrected chi connectivity index (χ3v) is 4.41. The molecule has 23 heavy (non-hydrogen) atoms. The number of hydrogen-bond acceptors (Lipinski definition) is 4. The number of carbonyl (C=O) groups excluding carboxylic acids is 1. The number of carbonyl (C=O) groups is 1. The summed E-state index contributed by atoms with van der Waals surface area (Å²) >= 11 is 1.42. The summed E-state index contributed by atoms with van der Waals surface area (Å²) in [6, 6.07) is 18.2. The van der Waals surface area contributed by atoms with Crippen molar-refractivity contribution in [3.05, 3.63) is 60.7 Å². The minimum absolute atomic E-state index is 0.101. The second kappa shape index (κ2) is 6.71. The van der Waals surface area contributed by atoms with E-state index in [1.807, 2.05) is 43.3 Å². The summed E-state index contributed by atoms with van der Waals surface area (Å²) in [5, 5.41) is 13.7. The first-order valence-electron chi connectivity index (χ1n) is 7.24. The molecule has 1 aromatic heterocycles. The Bertz CT molecular complexity index is 834. The van der Waals surface area contributed by atoms with Crippen LogP contribution in [0.5, 0.6) is 5.75 Å². The Morgan fingerprint density at radius 2 is 1.83 bits per heavy atom. The topological polar surface area (TPSA) is 62.2 Å². The monoisotopic (exact) mass is 324 g/mol. The number of phenols is 1. The van der Waals surface area contributed by atoms with Crippen molar-refractivity contribution in [2.24, 2.45) is 0 Å². The molecule has 3 rings (SSSR count). The van der Waals surface area contributed by atoms with Gasteiger partial charge in [-0.25, -0.2) is 4.98 Å². The van der Waals surface area contributed by atoms with Gasteiger partial charge in [0.2, 0.25) is 5.91 Å². The van der Waals surface area contributed by atoms with Gasteiger partial charge in [-0.1, -0.05) is 36.0 Å². The van der Waals surface area contributed by atoms with Gasteiger partial charge in [-0.2, -0.15) is 0 Å². The number of amides is 1. The summed E-state index contributed by atoms with van der Waals surface area (Å²) in [6.45, 7) is 1.84. The maximum absolute atomic E-state index is 12.2. The first-order chi connectivity index (χ1) is 11.1. The Hall–Kier alpha value is -2.53. The number of fused-ring (bicyclic) bond motifs is 1. The summed E-state index contributed by atoms with van der Waals surface area (Å²) in [6.07, 6.45) is 0. The Morgan fingerprint density at radius 3 is 2.61 bits per heavy atom. The molecular weight excluding hydrogens is 308 g/mol. The molecule has 0 aliphatic carbocycles. The standard InChI is InChI=1S/C18H16N2O2S/c1-12(18(22)19-14-7-9-15(21)10-8-14)23-17-11-6-13-4-2-3-5-16(13)20-17/h2-12,21H,1H3,(H,19,22)/t12-/m0/s1. The number of pyridine rings is 1. The van der Waals surface area contributed by atoms with Crippen LogP contribution in [0, 0.1) is 0 Å². The number of phenolic OH excluding ortho intramolecular Hbond substituents is 1. The Labute approximate surface area is 138 Å². The lowest BCUT2D eigenvalue weighted by Crippen LogP contribution is -2.22. The van der Waals surface area contributed by atoms with Crippen LogP contribution in [-0.2, 0) is 4.79 Å². The number of hydrogen-bond donors (Lipinski definition) is 2. The van der Waals surface area contributed by atoms with Crippen molar-refractivity contribution in [3.63, 3.8) is 0 Å². The van der Waals surface area contributed by atoms with Crippen LogP contribution in [0.4, 0.5) is 5.69 Å². The number of aromatic nitrogens is 1. The van der Waals surface area contributed by atoms with Crippen LogP contribution in [-0.4, -0.2) is 21.2 Å². The van der Waals surface area contributed by atoms with Crippen molar-refractivity contribution >= 4 is 34.3 Å². The van der Waals surface area contributed by atoms with E-state index in [-0.39, 0.29) is 16.9 Å². The van der Waals surface area contributed by atoms with Gasteiger partial charge in [-0.15, -0.1) is 0 Å². The molecule has 5 heteroatoms. The van der Waals surface area contributed by atoms with Crippen molar-refractivity contribution in [1.29, 1.82) is 0 Å². The molecule has 3 aromatic rings. The van der Waals surface area contributed by atoms with Crippen molar-refractivity contribution in [1.82, 2.24) is 4.98 Å². The first kappa shape index (κ1) is 15.4. The normalized spacial score (nSPS) is 12.0. The minimum Gasteiger partial charge on any atom is -0.508 e. The second-order valence-corrected chi connectivity index (χ2v) is 6.50. The molecule has 0 fully saturated rings. The summed E-state index contributed by atoms with van der Waals surface area (Å²) < 4.78 is 0. The van der Waals surface area contributed by atoms with E-state index in [2.05, 4.69) is 10.3 Å². The molecule has 0 aliphatic rings. The molecule has 0 bridgehead atoms. The van der Waals surface area contributed by atoms with Crippen LogP contribution < -0.4 is 5.32 Å². The molecule has 0 saturated carbocycles. The fourth-order valence-electron chi connectivity index (χ4n) is 2.14. The highest BCUT2D eigenvalue weighted by Gasteiger charge is 2.15. The molecule has 0 saturated heterocycles. The zero-order valence-corrected chi connectivity index (χ0v) is 13.4. The molecule has 2 aromatic carbocycles. The number of rotatable bonds is 4. The zero-order valence-electron chi connectivity index (χ0n) is 12.6. The minimum atomic E-state index is -0.280. The highest BCUT2D eigenvalue weighted by atomic mass is 32.2. The highest BCUT2D eigenvalue weighted by molar-refractivity contribution is 8.00. The molecule has 0 aliphatic heterocycles. The SMILES string of the molecule is C[C@H](Sc1ccc2ccccc2n1)C(=O)Nc1ccc(O)cc1. The number of nitrogens with one attached hydrogen (secondary N) is 1. The van der Waals surface area contributed by atoms with Gasteiger partial charge in [0, 0.05) is 11.1 Å². The average molecular weight is 324 g/mol. The van der Waals surface area contributed by atoms with Gasteiger partial charge in [0.05, 0.1) is 15.8 Å². The van der Waals surface area contributed by atoms with Crippen molar-refractivity contribution in [2.75, 3.05) is 5.32 Å². The van der Waals surface area contributed by atoms with Gasteiger partial charge in [0.25, 0.3) is 0 Å². The lowest BCUT2D eigenvalue weighted by molar-refractivity contribution is -0.115. The molecule has 0 spiro atoms. The lowest BCUT2D eigenvalue weighted by Gasteiger charge is -2.12. The van der Waals surface area contributed by atoms with E-state index in [9.17, 15) is 9.90 Å². The van der Waals surface area contributed by atoms with Gasteiger partial charge in [-0.05, 0) is 43.3 Å². The Morgan fingerprint density at radius 1 is 1.09 bits per heavy atom. The number of anilines is 1. The van der Waals surface area contributed by atoms with Crippen LogP contribution in [0.2, 0.25) is 0 Å². The van der Waals surface area contributed by atoms with Crippen LogP contribution in [0.3, 0.4) is 0 Å². The van der Waals surface area contributed by atoms with Crippen LogP contribution in [0.15, 0.2) is 65.7 Å². The van der Waals surface area contributed by atoms with E-state index in [1.54, 1.807) is 12.1 Å². The van der Waals surface area contributed by atoms with Crippen molar-refractivity contribution in [3.8, 4) is 5.75 Å². The van der Waals surface area contributed by atoms with E-state index < -0.39 is 0 Å². The van der Waals surface area contributed by atoms with Crippen molar-refractivity contribution < 1.29 is 9.90 Å². The van der Waals surface area contributed by atoms with E-state index in [1.165, 1.54) is 23.9 Å². The predicted octanol–water partition coefficient (Wildman–Crippen LogP) is 4.06. The average Bonchev–Trinajstić information content (AvgIpc) is 2.56. The number of aromatic hydroxyl groups is 1. The third-order valence-electron chi connectivity index (χ3n) is 3.37. The fraction of sp³-hybridized carbons (Fsp3) is 0.111. The zero-order chi connectivity index (χ0) is 16.2. The highest BCUT2D eigenvalue weighted by Crippen LogP contribution is 2.25. The molecule has 116 valence electrons. The fourth-order valence-corrected chi connectivity index (χ4v) is 2.96. The summed E-state index contributed by atoms with van der Waals surface area (Å²) in [4.78, 5) is 16.8.